The highest BCUT2D eigenvalue weighted by Crippen LogP contribution is 2.33. The summed E-state index contributed by atoms with van der Waals surface area (Å²) in [5.41, 5.74) is -1.10. The van der Waals surface area contributed by atoms with Gasteiger partial charge in [0.2, 0.25) is 0 Å². The van der Waals surface area contributed by atoms with Gasteiger partial charge in [0.25, 0.3) is 0 Å². The zero-order valence-electron chi connectivity index (χ0n) is 15.2. The predicted octanol–water partition coefficient (Wildman–Crippen LogP) is 4.05. The van der Waals surface area contributed by atoms with Crippen LogP contribution in [0.1, 0.15) is 34.6 Å². The maximum atomic E-state index is 14.5. The number of amides is 1. The predicted molar refractivity (Wildman–Crippen MR) is 98.1 cm³/mol. The van der Waals surface area contributed by atoms with Crippen molar-refractivity contribution in [1.29, 1.82) is 0 Å². The molecule has 1 amide bonds. The van der Waals surface area contributed by atoms with Crippen LogP contribution in [0.5, 0.6) is 0 Å². The minimum atomic E-state index is -0.933. The Labute approximate surface area is 154 Å². The first-order valence-corrected chi connectivity index (χ1v) is 8.98. The quantitative estimate of drug-likeness (QED) is 0.796. The van der Waals surface area contributed by atoms with Crippen LogP contribution in [-0.2, 0) is 14.0 Å². The monoisotopic (exact) mass is 383 g/mol. The number of hydrogen-bond acceptors (Lipinski definition) is 5. The van der Waals surface area contributed by atoms with Crippen LogP contribution >= 0.6 is 11.3 Å². The van der Waals surface area contributed by atoms with Gasteiger partial charge >= 0.3 is 13.2 Å². The summed E-state index contributed by atoms with van der Waals surface area (Å²) in [6.45, 7) is 9.16. The molecule has 5 nitrogen and oxygen atoms in total. The van der Waals surface area contributed by atoms with Gasteiger partial charge in [-0.15, -0.1) is 11.3 Å². The Morgan fingerprint density at radius 2 is 2.00 bits per heavy atom. The molecule has 26 heavy (non-hydrogen) atoms. The minimum absolute atomic E-state index is 0.125. The zero-order chi connectivity index (χ0) is 19.3. The number of hydrogen-bond donors (Lipinski definition) is 1. The maximum Gasteiger partial charge on any atom is 0.498 e. The van der Waals surface area contributed by atoms with Gasteiger partial charge in [0.1, 0.15) is 17.2 Å². The van der Waals surface area contributed by atoms with E-state index in [1.165, 1.54) is 6.07 Å². The zero-order valence-corrected chi connectivity index (χ0v) is 16.1. The fraction of sp³-hybridized carbons (Fsp3) is 0.471. The van der Waals surface area contributed by atoms with Gasteiger partial charge < -0.3 is 14.0 Å². The number of thiophene rings is 1. The van der Waals surface area contributed by atoms with Crippen LogP contribution < -0.4 is 10.8 Å². The minimum Gasteiger partial charge on any atom is -0.444 e. The summed E-state index contributed by atoms with van der Waals surface area (Å²) in [5.74, 6) is -1.46. The van der Waals surface area contributed by atoms with Crippen LogP contribution in [0.25, 0.3) is 10.1 Å². The fourth-order valence-electron chi connectivity index (χ4n) is 2.63. The summed E-state index contributed by atoms with van der Waals surface area (Å²) in [7, 11) is -0.933. The molecule has 3 rings (SSSR count). The highest BCUT2D eigenvalue weighted by Gasteiger charge is 2.41. The third-order valence-electron chi connectivity index (χ3n) is 3.62. The number of carbonyl (C=O) groups excluding carboxylic acids is 1. The molecule has 0 aliphatic carbocycles. The normalized spacial score (nSPS) is 17.0. The summed E-state index contributed by atoms with van der Waals surface area (Å²) in [6.07, 6.45) is -0.666. The second kappa shape index (κ2) is 6.47. The maximum absolute atomic E-state index is 14.5. The van der Waals surface area contributed by atoms with E-state index >= 15 is 0 Å². The van der Waals surface area contributed by atoms with Crippen molar-refractivity contribution < 1.29 is 27.6 Å². The summed E-state index contributed by atoms with van der Waals surface area (Å²) >= 11 is 0.995. The highest BCUT2D eigenvalue weighted by molar-refractivity contribution is 7.23. The molecule has 0 unspecified atom stereocenters. The Bertz CT molecular complexity index is 863. The lowest BCUT2D eigenvalue weighted by Gasteiger charge is -2.19. The van der Waals surface area contributed by atoms with E-state index in [1.807, 2.05) is 13.8 Å². The van der Waals surface area contributed by atoms with E-state index in [0.717, 1.165) is 17.4 Å². The second-order valence-corrected chi connectivity index (χ2v) is 8.81. The Morgan fingerprint density at radius 3 is 2.58 bits per heavy atom. The van der Waals surface area contributed by atoms with Gasteiger partial charge in [-0.05, 0) is 40.7 Å². The third kappa shape index (κ3) is 4.00. The van der Waals surface area contributed by atoms with Gasteiger partial charge in [0, 0.05) is 16.9 Å². The largest absolute Gasteiger partial charge is 0.498 e. The van der Waals surface area contributed by atoms with Crippen LogP contribution in [0.2, 0.25) is 0 Å². The van der Waals surface area contributed by atoms with E-state index in [-0.39, 0.29) is 10.2 Å². The Morgan fingerprint density at radius 1 is 1.31 bits per heavy atom. The first-order chi connectivity index (χ1) is 12.0. The Hall–Kier alpha value is -1.71. The molecule has 0 radical (unpaired) electrons. The second-order valence-electron chi connectivity index (χ2n) is 7.75. The molecule has 2 heterocycles. The van der Waals surface area contributed by atoms with Gasteiger partial charge in [-0.25, -0.2) is 13.6 Å². The Balaban J connectivity index is 1.97. The number of rotatable bonds is 2. The van der Waals surface area contributed by atoms with E-state index in [9.17, 15) is 13.6 Å². The summed E-state index contributed by atoms with van der Waals surface area (Å²) in [6, 6.07) is 2.31. The molecule has 1 aliphatic rings. The van der Waals surface area contributed by atoms with Gasteiger partial charge in [-0.2, -0.15) is 0 Å². The fourth-order valence-corrected chi connectivity index (χ4v) is 3.60. The lowest BCUT2D eigenvalue weighted by atomic mass is 9.76. The van der Waals surface area contributed by atoms with Gasteiger partial charge in [-0.3, -0.25) is 5.32 Å². The van der Waals surface area contributed by atoms with E-state index in [4.69, 9.17) is 14.0 Å². The van der Waals surface area contributed by atoms with Crippen molar-refractivity contribution in [3.63, 3.8) is 0 Å². The number of anilines is 1. The molecule has 0 saturated carbocycles. The number of benzene rings is 1. The Kier molecular flexibility index (Phi) is 4.75. The average Bonchev–Trinajstić information content (AvgIpc) is 3.00. The molecule has 0 bridgehead atoms. The van der Waals surface area contributed by atoms with Crippen molar-refractivity contribution in [2.24, 2.45) is 0 Å². The molecule has 9 heteroatoms. The SMILES string of the molecule is CC(C)(C)OC(=O)Nc1cc2c(B3OCC(C)(C)O3)c(F)cc(F)c2s1. The molecular weight excluding hydrogens is 363 g/mol. The van der Waals surface area contributed by atoms with Crippen molar-refractivity contribution in [2.45, 2.75) is 45.8 Å². The van der Waals surface area contributed by atoms with Crippen molar-refractivity contribution >= 4 is 45.1 Å². The van der Waals surface area contributed by atoms with Crippen molar-refractivity contribution in [2.75, 3.05) is 11.9 Å². The van der Waals surface area contributed by atoms with E-state index in [0.29, 0.717) is 17.0 Å². The summed E-state index contributed by atoms with van der Waals surface area (Å²) < 4.78 is 45.4. The van der Waals surface area contributed by atoms with Crippen LogP contribution in [0, 0.1) is 11.6 Å². The molecule has 0 atom stereocenters. The molecule has 1 N–H and O–H groups in total. The van der Waals surface area contributed by atoms with Crippen LogP contribution in [0.15, 0.2) is 12.1 Å². The molecule has 140 valence electrons. The average molecular weight is 383 g/mol. The first-order valence-electron chi connectivity index (χ1n) is 8.16. The molecule has 1 aromatic carbocycles. The number of fused-ring (bicyclic) bond motifs is 1. The summed E-state index contributed by atoms with van der Waals surface area (Å²) in [4.78, 5) is 11.9. The van der Waals surface area contributed by atoms with Crippen LogP contribution in [0.3, 0.4) is 0 Å². The van der Waals surface area contributed by atoms with Gasteiger partial charge in [-0.1, -0.05) is 0 Å². The molecule has 0 spiro atoms. The molecule has 1 saturated heterocycles. The lowest BCUT2D eigenvalue weighted by Crippen LogP contribution is -2.37. The topological polar surface area (TPSA) is 56.8 Å². The summed E-state index contributed by atoms with van der Waals surface area (Å²) in [5, 5.41) is 3.21. The van der Waals surface area contributed by atoms with E-state index in [2.05, 4.69) is 5.32 Å². The van der Waals surface area contributed by atoms with Crippen molar-refractivity contribution in [3.8, 4) is 0 Å². The van der Waals surface area contributed by atoms with E-state index in [1.54, 1.807) is 20.8 Å². The smallest absolute Gasteiger partial charge is 0.444 e. The number of ether oxygens (including phenoxy) is 1. The molecule has 2 aromatic rings. The molecule has 1 aliphatic heterocycles. The standard InChI is InChI=1S/C17H20BF2NO4S/c1-16(2,3)24-15(22)21-12-6-9-13(18-23-8-17(4,5)25-18)10(19)7-11(20)14(9)26-12/h6-7H,8H2,1-5H3,(H,21,22). The van der Waals surface area contributed by atoms with E-state index < -0.39 is 36.0 Å². The number of carbonyl (C=O) groups is 1. The number of halogens is 2. The van der Waals surface area contributed by atoms with Crippen molar-refractivity contribution in [1.82, 2.24) is 0 Å². The highest BCUT2D eigenvalue weighted by atomic mass is 32.1. The molecular formula is C17H20BF2NO4S. The first kappa shape index (κ1) is 19.1. The van der Waals surface area contributed by atoms with Gasteiger partial charge in [0.05, 0.1) is 21.9 Å². The third-order valence-corrected chi connectivity index (χ3v) is 4.68. The lowest BCUT2D eigenvalue weighted by molar-refractivity contribution is 0.0636. The molecule has 1 fully saturated rings. The van der Waals surface area contributed by atoms with Crippen LogP contribution in [-0.4, -0.2) is 31.0 Å². The van der Waals surface area contributed by atoms with Gasteiger partial charge in [0.15, 0.2) is 0 Å². The van der Waals surface area contributed by atoms with Crippen LogP contribution in [0.4, 0.5) is 18.6 Å². The van der Waals surface area contributed by atoms with Crippen molar-refractivity contribution in [3.05, 3.63) is 23.8 Å². The number of nitrogens with one attached hydrogen (secondary N) is 1. The molecule has 1 aromatic heterocycles.